The van der Waals surface area contributed by atoms with E-state index in [4.69, 9.17) is 14.2 Å². The van der Waals surface area contributed by atoms with E-state index in [9.17, 15) is 24.3 Å². The lowest BCUT2D eigenvalue weighted by Gasteiger charge is -2.23. The molecule has 3 rings (SSSR count). The molecule has 0 spiro atoms. The summed E-state index contributed by atoms with van der Waals surface area (Å²) in [6, 6.07) is 12.1. The first-order valence-electron chi connectivity index (χ1n) is 9.62. The SMILES string of the molecule is O=C1OCCOC(=O)c2ccccc2C(=O)N(CCO)CCOC(=O)c2ccccc21. The van der Waals surface area contributed by atoms with Crippen LogP contribution in [0.1, 0.15) is 41.4 Å². The number of β-amino-alcohol motifs (C(OH)–C–C–N with tert-alkyl or cyclic N) is 1. The number of carbonyl (C=O) groups is 4. The van der Waals surface area contributed by atoms with Gasteiger partial charge in [0.05, 0.1) is 35.4 Å². The van der Waals surface area contributed by atoms with E-state index in [1.54, 1.807) is 24.3 Å². The highest BCUT2D eigenvalue weighted by molar-refractivity contribution is 6.05. The van der Waals surface area contributed by atoms with E-state index < -0.39 is 23.8 Å². The monoisotopic (exact) mass is 427 g/mol. The van der Waals surface area contributed by atoms with E-state index in [1.807, 2.05) is 0 Å². The summed E-state index contributed by atoms with van der Waals surface area (Å²) in [5, 5.41) is 9.34. The van der Waals surface area contributed by atoms with Gasteiger partial charge in [-0.2, -0.15) is 0 Å². The van der Waals surface area contributed by atoms with Crippen LogP contribution in [0.15, 0.2) is 48.5 Å². The van der Waals surface area contributed by atoms with E-state index in [-0.39, 0.29) is 61.8 Å². The van der Waals surface area contributed by atoms with Gasteiger partial charge in [0.25, 0.3) is 5.91 Å². The Kier molecular flexibility index (Phi) is 7.34. The van der Waals surface area contributed by atoms with Crippen molar-refractivity contribution in [2.24, 2.45) is 0 Å². The topological polar surface area (TPSA) is 119 Å². The molecule has 1 heterocycles. The van der Waals surface area contributed by atoms with Gasteiger partial charge in [-0.15, -0.1) is 0 Å². The summed E-state index contributed by atoms with van der Waals surface area (Å²) in [6.07, 6.45) is 0. The van der Waals surface area contributed by atoms with Crippen molar-refractivity contribution < 1.29 is 38.5 Å². The van der Waals surface area contributed by atoms with Crippen LogP contribution in [0.5, 0.6) is 0 Å². The van der Waals surface area contributed by atoms with Crippen LogP contribution in [0.2, 0.25) is 0 Å². The van der Waals surface area contributed by atoms with Crippen molar-refractivity contribution >= 4 is 23.8 Å². The molecule has 0 unspecified atom stereocenters. The third-order valence-corrected chi connectivity index (χ3v) is 4.55. The smallest absolute Gasteiger partial charge is 0.339 e. The zero-order chi connectivity index (χ0) is 22.2. The van der Waals surface area contributed by atoms with Crippen molar-refractivity contribution in [3.8, 4) is 0 Å². The van der Waals surface area contributed by atoms with Crippen molar-refractivity contribution in [1.29, 1.82) is 0 Å². The molecule has 0 aromatic heterocycles. The number of benzene rings is 2. The van der Waals surface area contributed by atoms with Crippen molar-refractivity contribution in [2.75, 3.05) is 39.5 Å². The minimum Gasteiger partial charge on any atom is -0.460 e. The number of aliphatic hydroxyl groups excluding tert-OH is 1. The number of ether oxygens (including phenoxy) is 3. The molecular formula is C22H21NO8. The maximum atomic E-state index is 13.0. The summed E-state index contributed by atoms with van der Waals surface area (Å²) in [5.74, 6) is -2.77. The second-order valence-corrected chi connectivity index (χ2v) is 6.51. The van der Waals surface area contributed by atoms with E-state index in [2.05, 4.69) is 0 Å². The summed E-state index contributed by atoms with van der Waals surface area (Å²) in [4.78, 5) is 51.6. The van der Waals surface area contributed by atoms with Gasteiger partial charge in [-0.25, -0.2) is 14.4 Å². The molecule has 31 heavy (non-hydrogen) atoms. The normalized spacial score (nSPS) is 16.0. The fourth-order valence-corrected chi connectivity index (χ4v) is 3.04. The van der Waals surface area contributed by atoms with Crippen LogP contribution >= 0.6 is 0 Å². The quantitative estimate of drug-likeness (QED) is 0.563. The van der Waals surface area contributed by atoms with E-state index in [0.717, 1.165) is 0 Å². The van der Waals surface area contributed by atoms with Gasteiger partial charge in [-0.3, -0.25) is 4.79 Å². The van der Waals surface area contributed by atoms with Gasteiger partial charge in [0.2, 0.25) is 0 Å². The van der Waals surface area contributed by atoms with Crippen LogP contribution < -0.4 is 0 Å². The molecule has 9 nitrogen and oxygen atoms in total. The van der Waals surface area contributed by atoms with Gasteiger partial charge < -0.3 is 24.2 Å². The number of fused-ring (bicyclic) bond motifs is 2. The highest BCUT2D eigenvalue weighted by atomic mass is 16.6. The maximum absolute atomic E-state index is 13.0. The maximum Gasteiger partial charge on any atom is 0.339 e. The Bertz CT molecular complexity index is 987. The Morgan fingerprint density at radius 1 is 0.677 bits per heavy atom. The fraction of sp³-hybridized carbons (Fsp3) is 0.273. The number of rotatable bonds is 2. The van der Waals surface area contributed by atoms with E-state index in [0.29, 0.717) is 0 Å². The molecule has 2 aromatic rings. The number of carbonyl (C=O) groups excluding carboxylic acids is 4. The van der Waals surface area contributed by atoms with Crippen LogP contribution in [-0.2, 0) is 14.2 Å². The molecule has 0 saturated heterocycles. The number of cyclic esters (lactones) is 3. The van der Waals surface area contributed by atoms with Gasteiger partial charge in [-0.1, -0.05) is 24.3 Å². The molecule has 1 amide bonds. The molecule has 0 radical (unpaired) electrons. The highest BCUT2D eigenvalue weighted by Crippen LogP contribution is 2.15. The molecule has 0 atom stereocenters. The Labute approximate surface area is 178 Å². The summed E-state index contributed by atoms with van der Waals surface area (Å²) < 4.78 is 15.5. The number of hydrogen-bond acceptors (Lipinski definition) is 8. The highest BCUT2D eigenvalue weighted by Gasteiger charge is 2.24. The van der Waals surface area contributed by atoms with Crippen molar-refractivity contribution in [1.82, 2.24) is 4.90 Å². The first-order valence-corrected chi connectivity index (χ1v) is 9.62. The lowest BCUT2D eigenvalue weighted by Crippen LogP contribution is -2.37. The largest absolute Gasteiger partial charge is 0.460 e. The first kappa shape index (κ1) is 22.0. The Balaban J connectivity index is 1.91. The number of aliphatic hydroxyl groups is 1. The summed E-state index contributed by atoms with van der Waals surface area (Å²) in [7, 11) is 0. The van der Waals surface area contributed by atoms with E-state index in [1.165, 1.54) is 29.2 Å². The third kappa shape index (κ3) is 5.26. The molecule has 162 valence electrons. The van der Waals surface area contributed by atoms with Crippen molar-refractivity contribution in [3.05, 3.63) is 70.8 Å². The van der Waals surface area contributed by atoms with Gasteiger partial charge in [0.1, 0.15) is 19.8 Å². The Morgan fingerprint density at radius 3 is 1.58 bits per heavy atom. The molecule has 0 bridgehead atoms. The Hall–Kier alpha value is -3.72. The van der Waals surface area contributed by atoms with Gasteiger partial charge >= 0.3 is 17.9 Å². The van der Waals surface area contributed by atoms with Crippen LogP contribution in [-0.4, -0.2) is 73.3 Å². The van der Waals surface area contributed by atoms with Crippen molar-refractivity contribution in [2.45, 2.75) is 0 Å². The predicted octanol–water partition coefficient (Wildman–Crippen LogP) is 1.31. The molecule has 0 saturated carbocycles. The molecule has 1 N–H and O–H groups in total. The first-order chi connectivity index (χ1) is 15.0. The fourth-order valence-electron chi connectivity index (χ4n) is 3.04. The van der Waals surface area contributed by atoms with Gasteiger partial charge in [0, 0.05) is 6.54 Å². The minimum absolute atomic E-state index is 0.0135. The van der Waals surface area contributed by atoms with Crippen molar-refractivity contribution in [3.63, 3.8) is 0 Å². The molecule has 2 aromatic carbocycles. The zero-order valence-electron chi connectivity index (χ0n) is 16.6. The summed E-state index contributed by atoms with van der Waals surface area (Å²) >= 11 is 0. The Morgan fingerprint density at radius 2 is 1.10 bits per heavy atom. The standard InChI is InChI=1S/C22H21NO8/c24-11-9-23-10-12-29-21(27)17-7-3-4-8-18(17)22(28)31-14-13-30-20(26)16-6-2-1-5-15(16)19(23)25/h1-8,24H,9-14H2. The lowest BCUT2D eigenvalue weighted by atomic mass is 10.1. The van der Waals surface area contributed by atoms with Crippen LogP contribution in [0.4, 0.5) is 0 Å². The number of amides is 1. The number of nitrogens with zero attached hydrogens (tertiary/aromatic N) is 1. The summed E-state index contributed by atoms with van der Waals surface area (Å²) in [6.45, 7) is -1.02. The zero-order valence-corrected chi connectivity index (χ0v) is 16.6. The van der Waals surface area contributed by atoms with Crippen LogP contribution in [0.3, 0.4) is 0 Å². The molecular weight excluding hydrogens is 406 g/mol. The number of hydrogen-bond donors (Lipinski definition) is 1. The predicted molar refractivity (Wildman–Crippen MR) is 107 cm³/mol. The lowest BCUT2D eigenvalue weighted by molar-refractivity contribution is 0.0257. The minimum atomic E-state index is -0.756. The molecule has 1 aliphatic rings. The second kappa shape index (κ2) is 10.4. The molecule has 0 aliphatic carbocycles. The molecule has 0 fully saturated rings. The average molecular weight is 427 g/mol. The second-order valence-electron chi connectivity index (χ2n) is 6.51. The van der Waals surface area contributed by atoms with E-state index >= 15 is 0 Å². The van der Waals surface area contributed by atoms with Gasteiger partial charge in [-0.05, 0) is 24.3 Å². The average Bonchev–Trinajstić information content (AvgIpc) is 2.79. The van der Waals surface area contributed by atoms with Gasteiger partial charge in [0.15, 0.2) is 0 Å². The third-order valence-electron chi connectivity index (χ3n) is 4.55. The van der Waals surface area contributed by atoms with Crippen LogP contribution in [0.25, 0.3) is 0 Å². The molecule has 9 heteroatoms. The number of esters is 3. The summed E-state index contributed by atoms with van der Waals surface area (Å²) in [5.41, 5.74) is 0.152. The molecule has 1 aliphatic heterocycles. The van der Waals surface area contributed by atoms with Crippen LogP contribution in [0, 0.1) is 0 Å².